The van der Waals surface area contributed by atoms with Gasteiger partial charge in [0.25, 0.3) is 15.0 Å². The van der Waals surface area contributed by atoms with Crippen molar-refractivity contribution in [2.24, 2.45) is 0 Å². The van der Waals surface area contributed by atoms with E-state index in [1.54, 1.807) is 0 Å². The second kappa shape index (κ2) is 4.71. The molecule has 0 spiro atoms. The van der Waals surface area contributed by atoms with Crippen molar-refractivity contribution in [2.75, 3.05) is 0 Å². The van der Waals surface area contributed by atoms with Crippen molar-refractivity contribution in [1.29, 1.82) is 0 Å². The predicted octanol–water partition coefficient (Wildman–Crippen LogP) is 2.80. The Balaban J connectivity index is 2.46. The van der Waals surface area contributed by atoms with Crippen LogP contribution in [-0.2, 0) is 9.05 Å². The van der Waals surface area contributed by atoms with Gasteiger partial charge in [0, 0.05) is 20.7 Å². The second-order valence-corrected chi connectivity index (χ2v) is 8.17. The quantitative estimate of drug-likeness (QED) is 0.832. The lowest BCUT2D eigenvalue weighted by Crippen LogP contribution is -2.34. The van der Waals surface area contributed by atoms with Crippen LogP contribution in [0.5, 0.6) is 0 Å². The first kappa shape index (κ1) is 14.7. The van der Waals surface area contributed by atoms with E-state index in [9.17, 15) is 17.6 Å². The Bertz CT molecular complexity index is 658. The number of hydrogen-bond donors (Lipinski definition) is 1. The van der Waals surface area contributed by atoms with Crippen LogP contribution in [0.3, 0.4) is 0 Å². The number of amides is 1. The van der Waals surface area contributed by atoms with Gasteiger partial charge in [-0.15, -0.1) is 0 Å². The van der Waals surface area contributed by atoms with Crippen LogP contribution in [0.15, 0.2) is 21.5 Å². The van der Waals surface area contributed by atoms with E-state index in [0.717, 1.165) is 18.9 Å². The van der Waals surface area contributed by atoms with Crippen LogP contribution in [0.1, 0.15) is 30.1 Å². The van der Waals surface area contributed by atoms with Gasteiger partial charge < -0.3 is 5.32 Å². The molecule has 1 aromatic carbocycles. The molecule has 19 heavy (non-hydrogen) atoms. The van der Waals surface area contributed by atoms with Gasteiger partial charge in [-0.05, 0) is 31.9 Å². The van der Waals surface area contributed by atoms with Crippen molar-refractivity contribution in [3.8, 4) is 0 Å². The van der Waals surface area contributed by atoms with Crippen LogP contribution in [0.4, 0.5) is 4.39 Å². The first-order chi connectivity index (χ1) is 8.62. The summed E-state index contributed by atoms with van der Waals surface area (Å²) in [4.78, 5) is 11.2. The third-order valence-corrected chi connectivity index (χ3v) is 4.71. The highest BCUT2D eigenvalue weighted by atomic mass is 79.9. The van der Waals surface area contributed by atoms with Crippen LogP contribution >= 0.6 is 26.6 Å². The van der Waals surface area contributed by atoms with Gasteiger partial charge in [0.1, 0.15) is 4.90 Å². The van der Waals surface area contributed by atoms with Gasteiger partial charge in [0.15, 0.2) is 5.82 Å². The summed E-state index contributed by atoms with van der Waals surface area (Å²) in [6.07, 6.45) is 1.63. The molecule has 0 atom stereocenters. The Morgan fingerprint density at radius 1 is 1.47 bits per heavy atom. The average molecular weight is 371 g/mol. The first-order valence-electron chi connectivity index (χ1n) is 5.39. The standard InChI is InChI=1S/C11H10BrClFNO3S/c1-11(2-3-11)15-10(16)7-4-6(12)5-8(9(7)14)19(13,17)18/h4-5H,2-3H2,1H3,(H,15,16). The molecule has 104 valence electrons. The van der Waals surface area contributed by atoms with Crippen molar-refractivity contribution in [3.05, 3.63) is 28.0 Å². The monoisotopic (exact) mass is 369 g/mol. The number of nitrogens with one attached hydrogen (secondary N) is 1. The van der Waals surface area contributed by atoms with Crippen LogP contribution in [-0.4, -0.2) is 19.9 Å². The Hall–Kier alpha value is -0.660. The Morgan fingerprint density at radius 3 is 2.53 bits per heavy atom. The number of carbonyl (C=O) groups is 1. The molecule has 1 saturated carbocycles. The normalized spacial score (nSPS) is 17.1. The summed E-state index contributed by atoms with van der Waals surface area (Å²) in [5.41, 5.74) is -0.673. The molecule has 1 aliphatic carbocycles. The molecule has 1 aromatic rings. The lowest BCUT2D eigenvalue weighted by atomic mass is 10.2. The van der Waals surface area contributed by atoms with Crippen LogP contribution < -0.4 is 5.32 Å². The second-order valence-electron chi connectivity index (χ2n) is 4.72. The van der Waals surface area contributed by atoms with E-state index < -0.39 is 25.7 Å². The number of rotatable bonds is 3. The molecule has 2 rings (SSSR count). The summed E-state index contributed by atoms with van der Waals surface area (Å²) in [6, 6.07) is 2.25. The molecule has 1 N–H and O–H groups in total. The Morgan fingerprint density at radius 2 is 2.05 bits per heavy atom. The number of carbonyl (C=O) groups excluding carboxylic acids is 1. The molecule has 1 amide bonds. The molecule has 8 heteroatoms. The highest BCUT2D eigenvalue weighted by Gasteiger charge is 2.39. The number of benzene rings is 1. The number of halogens is 3. The van der Waals surface area contributed by atoms with Crippen LogP contribution in [0, 0.1) is 5.82 Å². The summed E-state index contributed by atoms with van der Waals surface area (Å²) >= 11 is 3.03. The van der Waals surface area contributed by atoms with E-state index in [4.69, 9.17) is 10.7 Å². The summed E-state index contributed by atoms with van der Waals surface area (Å²) in [6.45, 7) is 1.83. The topological polar surface area (TPSA) is 63.2 Å². The SMILES string of the molecule is CC1(NC(=O)c2cc(Br)cc(S(=O)(=O)Cl)c2F)CC1. The molecule has 0 heterocycles. The van der Waals surface area contributed by atoms with Crippen molar-refractivity contribution in [2.45, 2.75) is 30.2 Å². The highest BCUT2D eigenvalue weighted by molar-refractivity contribution is 9.10. The first-order valence-corrected chi connectivity index (χ1v) is 8.49. The van der Waals surface area contributed by atoms with Gasteiger partial charge in [0.05, 0.1) is 5.56 Å². The zero-order valence-corrected chi connectivity index (χ0v) is 13.0. The molecule has 0 unspecified atom stereocenters. The zero-order chi connectivity index (χ0) is 14.4. The van der Waals surface area contributed by atoms with Crippen LogP contribution in [0.25, 0.3) is 0 Å². The maximum Gasteiger partial charge on any atom is 0.264 e. The molecule has 0 saturated heterocycles. The Labute approximate surface area is 122 Å². The highest BCUT2D eigenvalue weighted by Crippen LogP contribution is 2.35. The lowest BCUT2D eigenvalue weighted by Gasteiger charge is -2.13. The maximum atomic E-state index is 14.0. The maximum absolute atomic E-state index is 14.0. The Kier molecular flexibility index (Phi) is 3.66. The van der Waals surface area contributed by atoms with Gasteiger partial charge in [0.2, 0.25) is 0 Å². The molecule has 1 fully saturated rings. The third-order valence-electron chi connectivity index (χ3n) is 2.93. The molecular formula is C11H10BrClFNO3S. The third kappa shape index (κ3) is 3.27. The minimum absolute atomic E-state index is 0.263. The average Bonchev–Trinajstić information content (AvgIpc) is 2.97. The fraction of sp³-hybridized carbons (Fsp3) is 0.364. The van der Waals surface area contributed by atoms with Crippen molar-refractivity contribution in [1.82, 2.24) is 5.32 Å². The summed E-state index contributed by atoms with van der Waals surface area (Å²) < 4.78 is 36.8. The van der Waals surface area contributed by atoms with E-state index in [-0.39, 0.29) is 15.6 Å². The van der Waals surface area contributed by atoms with Gasteiger partial charge >= 0.3 is 0 Å². The van der Waals surface area contributed by atoms with Gasteiger partial charge in [-0.3, -0.25) is 4.79 Å². The van der Waals surface area contributed by atoms with E-state index in [1.807, 2.05) is 6.92 Å². The predicted molar refractivity (Wildman–Crippen MR) is 72.2 cm³/mol. The smallest absolute Gasteiger partial charge is 0.264 e. The van der Waals surface area contributed by atoms with Crippen LogP contribution in [0.2, 0.25) is 0 Å². The van der Waals surface area contributed by atoms with E-state index in [1.165, 1.54) is 6.07 Å². The van der Waals surface area contributed by atoms with E-state index in [2.05, 4.69) is 21.2 Å². The number of hydrogen-bond acceptors (Lipinski definition) is 3. The fourth-order valence-corrected chi connectivity index (χ4v) is 3.10. The van der Waals surface area contributed by atoms with E-state index in [0.29, 0.717) is 0 Å². The van der Waals surface area contributed by atoms with Gasteiger partial charge in [-0.1, -0.05) is 15.9 Å². The minimum atomic E-state index is -4.25. The van der Waals surface area contributed by atoms with Crippen molar-refractivity contribution < 1.29 is 17.6 Å². The molecule has 0 bridgehead atoms. The summed E-state index contributed by atoms with van der Waals surface area (Å²) in [5, 5.41) is 2.66. The minimum Gasteiger partial charge on any atom is -0.347 e. The van der Waals surface area contributed by atoms with Gasteiger partial charge in [-0.25, -0.2) is 12.8 Å². The largest absolute Gasteiger partial charge is 0.347 e. The fourth-order valence-electron chi connectivity index (χ4n) is 1.56. The molecule has 4 nitrogen and oxygen atoms in total. The molecular weight excluding hydrogens is 361 g/mol. The lowest BCUT2D eigenvalue weighted by molar-refractivity contribution is 0.0930. The zero-order valence-electron chi connectivity index (χ0n) is 9.84. The molecule has 0 aliphatic heterocycles. The van der Waals surface area contributed by atoms with E-state index >= 15 is 0 Å². The molecule has 0 radical (unpaired) electrons. The summed E-state index contributed by atoms with van der Waals surface area (Å²) in [5.74, 6) is -1.79. The van der Waals surface area contributed by atoms with Gasteiger partial charge in [-0.2, -0.15) is 0 Å². The molecule has 1 aliphatic rings. The van der Waals surface area contributed by atoms with Crippen molar-refractivity contribution in [3.63, 3.8) is 0 Å². The van der Waals surface area contributed by atoms with Crippen molar-refractivity contribution >= 4 is 41.6 Å². The molecule has 0 aromatic heterocycles. The summed E-state index contributed by atoms with van der Waals surface area (Å²) in [7, 11) is 0.885.